The summed E-state index contributed by atoms with van der Waals surface area (Å²) in [6, 6.07) is 7.96. The summed E-state index contributed by atoms with van der Waals surface area (Å²) in [5, 5.41) is 4.86. The Balaban J connectivity index is 1.99. The Bertz CT molecular complexity index is 1350. The van der Waals surface area contributed by atoms with E-state index in [0.717, 1.165) is 16.9 Å². The normalized spacial score (nSPS) is 13.4. The fraction of sp³-hybridized carbons (Fsp3) is 0.316. The van der Waals surface area contributed by atoms with Crippen LogP contribution < -0.4 is 10.5 Å². The van der Waals surface area contributed by atoms with E-state index in [2.05, 4.69) is 15.3 Å². The summed E-state index contributed by atoms with van der Waals surface area (Å²) < 4.78 is 61.9. The molecule has 13 heteroatoms. The highest BCUT2D eigenvalue weighted by molar-refractivity contribution is 7.93. The standard InChI is InChI=1S/C19H21FN4O5S3/c1-11(2)32(28,29)17(18(25)22-7-8-31(21,26)27)19-24-14-5-3-12(9-15(14)30-19)13-4-6-16(20)23-10-13/h3-6,9-11,17H,7-8H2,1-2H3,(H,22,25)(H2,21,26,27). The van der Waals surface area contributed by atoms with Crippen molar-refractivity contribution in [3.63, 3.8) is 0 Å². The lowest BCUT2D eigenvalue weighted by Crippen LogP contribution is -2.39. The number of nitrogens with two attached hydrogens (primary N) is 1. The molecule has 1 aromatic carbocycles. The molecule has 2 heterocycles. The molecule has 0 saturated heterocycles. The zero-order valence-corrected chi connectivity index (χ0v) is 19.6. The Morgan fingerprint density at radius 2 is 1.84 bits per heavy atom. The van der Waals surface area contributed by atoms with Gasteiger partial charge in [0.2, 0.25) is 21.9 Å². The average Bonchev–Trinajstić information content (AvgIpc) is 3.09. The van der Waals surface area contributed by atoms with Crippen LogP contribution in [0.5, 0.6) is 0 Å². The molecule has 3 N–H and O–H groups in total. The van der Waals surface area contributed by atoms with Crippen molar-refractivity contribution in [1.29, 1.82) is 0 Å². The minimum absolute atomic E-state index is 0.0659. The molecular weight excluding hydrogens is 479 g/mol. The van der Waals surface area contributed by atoms with Crippen LogP contribution in [0, 0.1) is 5.95 Å². The Morgan fingerprint density at radius 3 is 2.44 bits per heavy atom. The largest absolute Gasteiger partial charge is 0.354 e. The molecule has 1 amide bonds. The topological polar surface area (TPSA) is 149 Å². The molecule has 172 valence electrons. The van der Waals surface area contributed by atoms with Crippen LogP contribution in [0.4, 0.5) is 4.39 Å². The van der Waals surface area contributed by atoms with Gasteiger partial charge in [0.25, 0.3) is 0 Å². The Hall–Kier alpha value is -2.48. The molecule has 3 rings (SSSR count). The molecular formula is C19H21FN4O5S3. The summed E-state index contributed by atoms with van der Waals surface area (Å²) in [5.74, 6) is -2.00. The van der Waals surface area contributed by atoms with E-state index >= 15 is 0 Å². The van der Waals surface area contributed by atoms with Crippen LogP contribution in [0.15, 0.2) is 36.5 Å². The van der Waals surface area contributed by atoms with Crippen LogP contribution in [0.25, 0.3) is 21.3 Å². The van der Waals surface area contributed by atoms with Crippen molar-refractivity contribution in [2.45, 2.75) is 24.3 Å². The molecule has 9 nitrogen and oxygen atoms in total. The predicted octanol–water partition coefficient (Wildman–Crippen LogP) is 1.77. The maximum absolute atomic E-state index is 13.1. The highest BCUT2D eigenvalue weighted by Crippen LogP contribution is 2.35. The van der Waals surface area contributed by atoms with Crippen molar-refractivity contribution in [3.8, 4) is 11.1 Å². The number of fused-ring (bicyclic) bond motifs is 1. The number of nitrogens with one attached hydrogen (secondary N) is 1. The van der Waals surface area contributed by atoms with Gasteiger partial charge in [0.15, 0.2) is 15.1 Å². The van der Waals surface area contributed by atoms with Gasteiger partial charge in [-0.25, -0.2) is 31.9 Å². The maximum Gasteiger partial charge on any atom is 0.245 e. The van der Waals surface area contributed by atoms with Gasteiger partial charge >= 0.3 is 0 Å². The number of pyridine rings is 1. The van der Waals surface area contributed by atoms with Gasteiger partial charge in [0.05, 0.1) is 21.2 Å². The Morgan fingerprint density at radius 1 is 1.16 bits per heavy atom. The summed E-state index contributed by atoms with van der Waals surface area (Å²) in [7, 11) is -7.79. The first-order chi connectivity index (χ1) is 14.9. The summed E-state index contributed by atoms with van der Waals surface area (Å²) >= 11 is 1.04. The monoisotopic (exact) mass is 500 g/mol. The van der Waals surface area contributed by atoms with E-state index in [0.29, 0.717) is 15.8 Å². The van der Waals surface area contributed by atoms with Crippen molar-refractivity contribution in [2.75, 3.05) is 12.3 Å². The molecule has 0 spiro atoms. The number of sulfone groups is 1. The summed E-state index contributed by atoms with van der Waals surface area (Å²) in [5.41, 5.74) is 1.88. The van der Waals surface area contributed by atoms with E-state index in [9.17, 15) is 26.0 Å². The number of thiazole rings is 1. The number of nitrogens with zero attached hydrogens (tertiary/aromatic N) is 2. The van der Waals surface area contributed by atoms with Gasteiger partial charge < -0.3 is 5.32 Å². The van der Waals surface area contributed by atoms with Crippen molar-refractivity contribution >= 4 is 47.3 Å². The van der Waals surface area contributed by atoms with Crippen LogP contribution in [0.2, 0.25) is 0 Å². The van der Waals surface area contributed by atoms with E-state index in [1.165, 1.54) is 26.1 Å². The van der Waals surface area contributed by atoms with Gasteiger partial charge in [0.1, 0.15) is 5.01 Å². The van der Waals surface area contributed by atoms with Gasteiger partial charge in [-0.15, -0.1) is 11.3 Å². The maximum atomic E-state index is 13.1. The summed E-state index contributed by atoms with van der Waals surface area (Å²) in [4.78, 5) is 20.8. The van der Waals surface area contributed by atoms with Gasteiger partial charge in [0, 0.05) is 18.3 Å². The average molecular weight is 501 g/mol. The second-order valence-corrected chi connectivity index (χ2v) is 12.7. The molecule has 2 aromatic heterocycles. The number of sulfonamides is 1. The van der Waals surface area contributed by atoms with Gasteiger partial charge in [-0.3, -0.25) is 4.79 Å². The minimum atomic E-state index is -3.97. The van der Waals surface area contributed by atoms with Crippen molar-refractivity contribution in [2.24, 2.45) is 5.14 Å². The SMILES string of the molecule is CC(C)S(=O)(=O)C(C(=O)NCCS(N)(=O)=O)c1nc2ccc(-c3ccc(F)nc3)cc2s1. The second kappa shape index (κ2) is 9.17. The minimum Gasteiger partial charge on any atom is -0.354 e. The molecule has 32 heavy (non-hydrogen) atoms. The van der Waals surface area contributed by atoms with Crippen LogP contribution in [-0.4, -0.2) is 50.3 Å². The zero-order valence-electron chi connectivity index (χ0n) is 17.1. The predicted molar refractivity (Wildman–Crippen MR) is 121 cm³/mol. The van der Waals surface area contributed by atoms with E-state index in [4.69, 9.17) is 5.14 Å². The molecule has 3 aromatic rings. The van der Waals surface area contributed by atoms with Gasteiger partial charge in [-0.2, -0.15) is 4.39 Å². The van der Waals surface area contributed by atoms with E-state index < -0.39 is 48.0 Å². The third kappa shape index (κ3) is 5.46. The number of hydrogen-bond donors (Lipinski definition) is 2. The highest BCUT2D eigenvalue weighted by atomic mass is 32.2. The number of benzene rings is 1. The van der Waals surface area contributed by atoms with E-state index in [1.54, 1.807) is 24.3 Å². The Kier molecular flexibility index (Phi) is 6.93. The first-order valence-electron chi connectivity index (χ1n) is 9.42. The number of hydrogen-bond acceptors (Lipinski definition) is 8. The number of aromatic nitrogens is 2. The lowest BCUT2D eigenvalue weighted by molar-refractivity contribution is -0.120. The number of rotatable bonds is 8. The van der Waals surface area contributed by atoms with Crippen LogP contribution in [0.3, 0.4) is 0 Å². The van der Waals surface area contributed by atoms with Crippen molar-refractivity contribution in [3.05, 3.63) is 47.5 Å². The zero-order chi connectivity index (χ0) is 23.7. The van der Waals surface area contributed by atoms with Crippen molar-refractivity contribution < 1.29 is 26.0 Å². The van der Waals surface area contributed by atoms with Gasteiger partial charge in [-0.05, 0) is 43.7 Å². The first kappa shape index (κ1) is 24.2. The summed E-state index contributed by atoms with van der Waals surface area (Å²) in [6.45, 7) is 2.58. The molecule has 0 radical (unpaired) electrons. The van der Waals surface area contributed by atoms with Crippen molar-refractivity contribution in [1.82, 2.24) is 15.3 Å². The number of carbonyl (C=O) groups excluding carboxylic acids is 1. The number of amides is 1. The molecule has 0 aliphatic carbocycles. The summed E-state index contributed by atoms with van der Waals surface area (Å²) in [6.07, 6.45) is 1.38. The fourth-order valence-electron chi connectivity index (χ4n) is 2.86. The molecule has 0 saturated carbocycles. The number of halogens is 1. The fourth-order valence-corrected chi connectivity index (χ4v) is 6.04. The van der Waals surface area contributed by atoms with E-state index in [-0.39, 0.29) is 11.6 Å². The molecule has 0 fully saturated rings. The second-order valence-electron chi connectivity index (χ2n) is 7.28. The quantitative estimate of drug-likeness (QED) is 0.448. The molecule has 0 aliphatic heterocycles. The smallest absolute Gasteiger partial charge is 0.245 e. The number of carbonyl (C=O) groups is 1. The van der Waals surface area contributed by atoms with E-state index in [1.807, 2.05) is 0 Å². The third-order valence-electron chi connectivity index (χ3n) is 4.60. The lowest BCUT2D eigenvalue weighted by atomic mass is 10.1. The van der Waals surface area contributed by atoms with Crippen LogP contribution in [-0.2, 0) is 24.7 Å². The molecule has 1 atom stereocenters. The first-order valence-corrected chi connectivity index (χ1v) is 13.6. The van der Waals surface area contributed by atoms with Crippen LogP contribution >= 0.6 is 11.3 Å². The third-order valence-corrected chi connectivity index (χ3v) is 9.01. The highest BCUT2D eigenvalue weighted by Gasteiger charge is 2.39. The van der Waals surface area contributed by atoms with Gasteiger partial charge in [-0.1, -0.05) is 6.07 Å². The Labute approximate surface area is 188 Å². The number of primary sulfonamides is 1. The lowest BCUT2D eigenvalue weighted by Gasteiger charge is -2.17. The molecule has 0 aliphatic rings. The van der Waals surface area contributed by atoms with Crippen LogP contribution in [0.1, 0.15) is 24.1 Å². The molecule has 0 bridgehead atoms. The molecule has 1 unspecified atom stereocenters.